The lowest BCUT2D eigenvalue weighted by Crippen LogP contribution is -2.47. The SMILES string of the molecule is CNC(c1cccc(OC)c1)C1(CN)CCC1. The largest absolute Gasteiger partial charge is 0.497 e. The second-order valence-corrected chi connectivity index (χ2v) is 4.92. The Morgan fingerprint density at radius 3 is 2.71 bits per heavy atom. The van der Waals surface area contributed by atoms with Crippen LogP contribution in [0.25, 0.3) is 0 Å². The number of hydrogen-bond acceptors (Lipinski definition) is 3. The van der Waals surface area contributed by atoms with Gasteiger partial charge in [-0.25, -0.2) is 0 Å². The van der Waals surface area contributed by atoms with Gasteiger partial charge in [0, 0.05) is 11.5 Å². The third-order valence-electron chi connectivity index (χ3n) is 4.08. The number of rotatable bonds is 5. The summed E-state index contributed by atoms with van der Waals surface area (Å²) in [5, 5.41) is 3.43. The molecule has 1 atom stereocenters. The Labute approximate surface area is 103 Å². The predicted molar refractivity (Wildman–Crippen MR) is 70.1 cm³/mol. The van der Waals surface area contributed by atoms with E-state index in [0.29, 0.717) is 6.04 Å². The van der Waals surface area contributed by atoms with Crippen molar-refractivity contribution in [3.63, 3.8) is 0 Å². The molecule has 0 amide bonds. The molecule has 0 spiro atoms. The Kier molecular flexibility index (Phi) is 3.69. The zero-order valence-electron chi connectivity index (χ0n) is 10.7. The van der Waals surface area contributed by atoms with Gasteiger partial charge in [0.15, 0.2) is 0 Å². The molecule has 0 aliphatic heterocycles. The van der Waals surface area contributed by atoms with Crippen LogP contribution in [0.5, 0.6) is 5.75 Å². The summed E-state index contributed by atoms with van der Waals surface area (Å²) >= 11 is 0. The molecule has 1 aliphatic carbocycles. The molecular formula is C14H22N2O. The number of ether oxygens (including phenoxy) is 1. The van der Waals surface area contributed by atoms with Crippen LogP contribution in [0.4, 0.5) is 0 Å². The van der Waals surface area contributed by atoms with E-state index in [2.05, 4.69) is 17.4 Å². The maximum Gasteiger partial charge on any atom is 0.119 e. The van der Waals surface area contributed by atoms with E-state index in [1.807, 2.05) is 19.2 Å². The number of methoxy groups -OCH3 is 1. The van der Waals surface area contributed by atoms with Gasteiger partial charge in [0.05, 0.1) is 7.11 Å². The minimum absolute atomic E-state index is 0.237. The van der Waals surface area contributed by atoms with E-state index in [4.69, 9.17) is 10.5 Å². The first-order valence-corrected chi connectivity index (χ1v) is 6.27. The summed E-state index contributed by atoms with van der Waals surface area (Å²) in [6.45, 7) is 0.746. The average molecular weight is 234 g/mol. The highest BCUT2D eigenvalue weighted by atomic mass is 16.5. The Morgan fingerprint density at radius 1 is 1.47 bits per heavy atom. The zero-order chi connectivity index (χ0) is 12.3. The lowest BCUT2D eigenvalue weighted by molar-refractivity contribution is 0.0878. The van der Waals surface area contributed by atoms with Crippen molar-refractivity contribution in [2.75, 3.05) is 20.7 Å². The molecule has 3 N–H and O–H groups in total. The predicted octanol–water partition coefficient (Wildman–Crippen LogP) is 2.08. The first kappa shape index (κ1) is 12.4. The van der Waals surface area contributed by atoms with Gasteiger partial charge < -0.3 is 15.8 Å². The van der Waals surface area contributed by atoms with Crippen molar-refractivity contribution in [1.82, 2.24) is 5.32 Å². The standard InChI is InChI=1S/C14H22N2O/c1-16-13(14(10-15)7-4-8-14)11-5-3-6-12(9-11)17-2/h3,5-6,9,13,16H,4,7-8,10,15H2,1-2H3. The second kappa shape index (κ2) is 5.07. The summed E-state index contributed by atoms with van der Waals surface area (Å²) in [5.74, 6) is 0.911. The fraction of sp³-hybridized carbons (Fsp3) is 0.571. The van der Waals surface area contributed by atoms with E-state index in [0.717, 1.165) is 12.3 Å². The van der Waals surface area contributed by atoms with E-state index < -0.39 is 0 Å². The molecule has 1 saturated carbocycles. The Hall–Kier alpha value is -1.06. The van der Waals surface area contributed by atoms with Crippen LogP contribution >= 0.6 is 0 Å². The first-order chi connectivity index (χ1) is 8.25. The average Bonchev–Trinajstić information content (AvgIpc) is 2.33. The monoisotopic (exact) mass is 234 g/mol. The highest BCUT2D eigenvalue weighted by Gasteiger charge is 2.42. The molecule has 0 saturated heterocycles. The molecule has 3 heteroatoms. The van der Waals surface area contributed by atoms with Crippen LogP contribution in [0, 0.1) is 5.41 Å². The van der Waals surface area contributed by atoms with Crippen LogP contribution in [-0.2, 0) is 0 Å². The van der Waals surface area contributed by atoms with Crippen LogP contribution < -0.4 is 15.8 Å². The fourth-order valence-corrected chi connectivity index (χ4v) is 2.89. The summed E-state index contributed by atoms with van der Waals surface area (Å²) in [7, 11) is 3.72. The topological polar surface area (TPSA) is 47.3 Å². The molecule has 0 bridgehead atoms. The maximum absolute atomic E-state index is 5.98. The quantitative estimate of drug-likeness (QED) is 0.820. The normalized spacial score (nSPS) is 19.5. The molecule has 0 heterocycles. The maximum atomic E-state index is 5.98. The van der Waals surface area contributed by atoms with Crippen molar-refractivity contribution < 1.29 is 4.74 Å². The van der Waals surface area contributed by atoms with Crippen LogP contribution in [0.15, 0.2) is 24.3 Å². The fourth-order valence-electron chi connectivity index (χ4n) is 2.89. The number of hydrogen-bond donors (Lipinski definition) is 2. The highest BCUT2D eigenvalue weighted by Crippen LogP contribution is 2.49. The summed E-state index contributed by atoms with van der Waals surface area (Å²) < 4.78 is 5.29. The van der Waals surface area contributed by atoms with Gasteiger partial charge in [-0.05, 0) is 44.1 Å². The third-order valence-corrected chi connectivity index (χ3v) is 4.08. The van der Waals surface area contributed by atoms with E-state index in [9.17, 15) is 0 Å². The van der Waals surface area contributed by atoms with Gasteiger partial charge in [-0.15, -0.1) is 0 Å². The number of nitrogens with two attached hydrogens (primary N) is 1. The van der Waals surface area contributed by atoms with Gasteiger partial charge in [-0.3, -0.25) is 0 Å². The van der Waals surface area contributed by atoms with E-state index in [-0.39, 0.29) is 5.41 Å². The van der Waals surface area contributed by atoms with Gasteiger partial charge in [0.1, 0.15) is 5.75 Å². The van der Waals surface area contributed by atoms with Crippen LogP contribution in [0.2, 0.25) is 0 Å². The van der Waals surface area contributed by atoms with E-state index >= 15 is 0 Å². The minimum Gasteiger partial charge on any atom is -0.497 e. The molecule has 1 aromatic carbocycles. The van der Waals surface area contributed by atoms with Crippen molar-refractivity contribution in [1.29, 1.82) is 0 Å². The van der Waals surface area contributed by atoms with Crippen LogP contribution in [0.1, 0.15) is 30.9 Å². The summed E-state index contributed by atoms with van der Waals surface area (Å²) in [5.41, 5.74) is 7.49. The van der Waals surface area contributed by atoms with E-state index in [1.165, 1.54) is 24.8 Å². The van der Waals surface area contributed by atoms with Crippen LogP contribution in [0.3, 0.4) is 0 Å². The van der Waals surface area contributed by atoms with Crippen molar-refractivity contribution >= 4 is 0 Å². The van der Waals surface area contributed by atoms with E-state index in [1.54, 1.807) is 7.11 Å². The Morgan fingerprint density at radius 2 is 2.24 bits per heavy atom. The van der Waals surface area contributed by atoms with Crippen molar-refractivity contribution in [3.8, 4) is 5.75 Å². The molecule has 94 valence electrons. The summed E-state index contributed by atoms with van der Waals surface area (Å²) in [4.78, 5) is 0. The molecular weight excluding hydrogens is 212 g/mol. The van der Waals surface area contributed by atoms with Crippen molar-refractivity contribution in [2.45, 2.75) is 25.3 Å². The van der Waals surface area contributed by atoms with Gasteiger partial charge in [-0.2, -0.15) is 0 Å². The zero-order valence-corrected chi connectivity index (χ0v) is 10.7. The molecule has 2 rings (SSSR count). The summed E-state index contributed by atoms with van der Waals surface area (Å²) in [6, 6.07) is 8.61. The first-order valence-electron chi connectivity index (χ1n) is 6.27. The van der Waals surface area contributed by atoms with Gasteiger partial charge in [-0.1, -0.05) is 18.6 Å². The number of nitrogens with one attached hydrogen (secondary N) is 1. The van der Waals surface area contributed by atoms with Crippen LogP contribution in [-0.4, -0.2) is 20.7 Å². The molecule has 1 aromatic rings. The molecule has 1 aliphatic rings. The second-order valence-electron chi connectivity index (χ2n) is 4.92. The minimum atomic E-state index is 0.237. The van der Waals surface area contributed by atoms with Crippen molar-refractivity contribution in [2.24, 2.45) is 11.1 Å². The number of benzene rings is 1. The molecule has 0 radical (unpaired) electrons. The molecule has 17 heavy (non-hydrogen) atoms. The lowest BCUT2D eigenvalue weighted by Gasteiger charge is -2.47. The van der Waals surface area contributed by atoms with Gasteiger partial charge in [0.2, 0.25) is 0 Å². The lowest BCUT2D eigenvalue weighted by atomic mass is 9.62. The Bertz CT molecular complexity index is 369. The Balaban J connectivity index is 2.28. The van der Waals surface area contributed by atoms with Gasteiger partial charge in [0.25, 0.3) is 0 Å². The van der Waals surface area contributed by atoms with Gasteiger partial charge >= 0.3 is 0 Å². The molecule has 1 fully saturated rings. The third kappa shape index (κ3) is 2.17. The van der Waals surface area contributed by atoms with Crippen molar-refractivity contribution in [3.05, 3.63) is 29.8 Å². The molecule has 0 aromatic heterocycles. The summed E-state index contributed by atoms with van der Waals surface area (Å²) in [6.07, 6.45) is 3.72. The smallest absolute Gasteiger partial charge is 0.119 e. The molecule has 3 nitrogen and oxygen atoms in total. The highest BCUT2D eigenvalue weighted by molar-refractivity contribution is 5.32. The molecule has 1 unspecified atom stereocenters.